The van der Waals surface area contributed by atoms with E-state index >= 15 is 0 Å². The zero-order valence-electron chi connectivity index (χ0n) is 10.9. The lowest BCUT2D eigenvalue weighted by Crippen LogP contribution is -2.31. The number of nitrogens with one attached hydrogen (secondary N) is 1. The van der Waals surface area contributed by atoms with Gasteiger partial charge in [0.2, 0.25) is 5.91 Å². The van der Waals surface area contributed by atoms with Crippen LogP contribution in [0.3, 0.4) is 0 Å². The molecule has 1 aliphatic rings. The summed E-state index contributed by atoms with van der Waals surface area (Å²) in [6.07, 6.45) is 2.38. The third-order valence-electron chi connectivity index (χ3n) is 3.26. The predicted molar refractivity (Wildman–Crippen MR) is 75.2 cm³/mol. The van der Waals surface area contributed by atoms with Crippen molar-refractivity contribution >= 4 is 23.2 Å². The van der Waals surface area contributed by atoms with Crippen LogP contribution in [0.15, 0.2) is 12.1 Å². The minimum absolute atomic E-state index is 0.0192. The van der Waals surface area contributed by atoms with Crippen molar-refractivity contribution in [1.82, 2.24) is 4.90 Å². The molecule has 2 rings (SSSR count). The summed E-state index contributed by atoms with van der Waals surface area (Å²) >= 11 is 6.17. The minimum Gasteiger partial charge on any atom is -0.323 e. The van der Waals surface area contributed by atoms with Crippen LogP contribution >= 0.6 is 11.6 Å². The lowest BCUT2D eigenvalue weighted by molar-refractivity contribution is -0.117. The third-order valence-corrected chi connectivity index (χ3v) is 3.56. The number of hydrogen-bond acceptors (Lipinski definition) is 2. The van der Waals surface area contributed by atoms with Crippen molar-refractivity contribution in [3.63, 3.8) is 0 Å². The molecule has 1 saturated heterocycles. The van der Waals surface area contributed by atoms with Crippen LogP contribution < -0.4 is 5.32 Å². The van der Waals surface area contributed by atoms with Crippen molar-refractivity contribution < 1.29 is 4.79 Å². The number of nitrogens with zero attached hydrogens (tertiary/aromatic N) is 1. The predicted octanol–water partition coefficient (Wildman–Crippen LogP) is 2.99. The first-order chi connectivity index (χ1) is 8.56. The second kappa shape index (κ2) is 5.72. The van der Waals surface area contributed by atoms with E-state index in [1.807, 2.05) is 26.0 Å². The van der Waals surface area contributed by atoms with Gasteiger partial charge in [-0.25, -0.2) is 0 Å². The summed E-state index contributed by atoms with van der Waals surface area (Å²) in [5.41, 5.74) is 2.86. The smallest absolute Gasteiger partial charge is 0.238 e. The Labute approximate surface area is 113 Å². The molecule has 0 aliphatic carbocycles. The van der Waals surface area contributed by atoms with E-state index in [1.54, 1.807) is 0 Å². The van der Waals surface area contributed by atoms with Crippen LogP contribution in [0.2, 0.25) is 5.02 Å². The van der Waals surface area contributed by atoms with Crippen LogP contribution in [0.4, 0.5) is 5.69 Å². The lowest BCUT2D eigenvalue weighted by atomic mass is 10.1. The van der Waals surface area contributed by atoms with E-state index in [0.717, 1.165) is 29.9 Å². The van der Waals surface area contributed by atoms with Crippen LogP contribution in [-0.2, 0) is 4.79 Å². The minimum atomic E-state index is 0.0192. The van der Waals surface area contributed by atoms with Crippen LogP contribution in [0, 0.1) is 13.8 Å². The maximum absolute atomic E-state index is 11.9. The van der Waals surface area contributed by atoms with Gasteiger partial charge < -0.3 is 5.32 Å². The van der Waals surface area contributed by atoms with Gasteiger partial charge in [0.15, 0.2) is 0 Å². The molecule has 1 aromatic carbocycles. The second-order valence-electron chi connectivity index (χ2n) is 4.97. The van der Waals surface area contributed by atoms with E-state index in [0.29, 0.717) is 11.6 Å². The summed E-state index contributed by atoms with van der Waals surface area (Å²) in [6.45, 7) is 6.46. The van der Waals surface area contributed by atoms with Crippen molar-refractivity contribution in [3.8, 4) is 0 Å². The quantitative estimate of drug-likeness (QED) is 0.912. The number of amides is 1. The van der Waals surface area contributed by atoms with E-state index in [1.165, 1.54) is 12.8 Å². The topological polar surface area (TPSA) is 32.3 Å². The van der Waals surface area contributed by atoms with Crippen molar-refractivity contribution in [2.24, 2.45) is 0 Å². The zero-order valence-corrected chi connectivity index (χ0v) is 11.7. The molecule has 0 saturated carbocycles. The summed E-state index contributed by atoms with van der Waals surface area (Å²) in [6, 6.07) is 3.90. The van der Waals surface area contributed by atoms with Gasteiger partial charge in [-0.05, 0) is 57.0 Å². The van der Waals surface area contributed by atoms with Gasteiger partial charge in [0.25, 0.3) is 0 Å². The SMILES string of the molecule is Cc1cc(C)c(NC(=O)CN2CCCC2)c(Cl)c1. The average Bonchev–Trinajstić information content (AvgIpc) is 2.76. The van der Waals surface area contributed by atoms with Gasteiger partial charge in [0.1, 0.15) is 0 Å². The lowest BCUT2D eigenvalue weighted by Gasteiger charge is -2.16. The van der Waals surface area contributed by atoms with Crippen LogP contribution in [0.5, 0.6) is 0 Å². The normalized spacial score (nSPS) is 15.9. The monoisotopic (exact) mass is 266 g/mol. The Kier molecular flexibility index (Phi) is 4.25. The highest BCUT2D eigenvalue weighted by atomic mass is 35.5. The van der Waals surface area contributed by atoms with E-state index < -0.39 is 0 Å². The van der Waals surface area contributed by atoms with E-state index in [-0.39, 0.29) is 5.91 Å². The summed E-state index contributed by atoms with van der Waals surface area (Å²) in [5.74, 6) is 0.0192. The number of carbonyl (C=O) groups is 1. The number of likely N-dealkylation sites (tertiary alicyclic amines) is 1. The fraction of sp³-hybridized carbons (Fsp3) is 0.500. The number of hydrogen-bond donors (Lipinski definition) is 1. The van der Waals surface area contributed by atoms with Crippen molar-refractivity contribution in [2.75, 3.05) is 25.0 Å². The summed E-state index contributed by atoms with van der Waals surface area (Å²) < 4.78 is 0. The van der Waals surface area contributed by atoms with Crippen molar-refractivity contribution in [1.29, 1.82) is 0 Å². The maximum atomic E-state index is 11.9. The van der Waals surface area contributed by atoms with Gasteiger partial charge >= 0.3 is 0 Å². The fourth-order valence-corrected chi connectivity index (χ4v) is 2.77. The Balaban J connectivity index is 2.02. The largest absolute Gasteiger partial charge is 0.323 e. The van der Waals surface area contributed by atoms with Gasteiger partial charge in [-0.1, -0.05) is 17.7 Å². The molecule has 1 aromatic rings. The van der Waals surface area contributed by atoms with Crippen LogP contribution in [0.25, 0.3) is 0 Å². The maximum Gasteiger partial charge on any atom is 0.238 e. The first-order valence-electron chi connectivity index (χ1n) is 6.35. The summed E-state index contributed by atoms with van der Waals surface area (Å²) in [5, 5.41) is 3.53. The molecule has 3 nitrogen and oxygen atoms in total. The number of rotatable bonds is 3. The number of aryl methyl sites for hydroxylation is 2. The van der Waals surface area contributed by atoms with E-state index in [2.05, 4.69) is 10.2 Å². The van der Waals surface area contributed by atoms with Crippen LogP contribution in [0.1, 0.15) is 24.0 Å². The molecule has 1 amide bonds. The van der Waals surface area contributed by atoms with Crippen molar-refractivity contribution in [3.05, 3.63) is 28.3 Å². The Bertz CT molecular complexity index is 430. The molecular formula is C14H19ClN2O. The molecule has 0 unspecified atom stereocenters. The molecule has 0 spiro atoms. The molecule has 1 N–H and O–H groups in total. The third kappa shape index (κ3) is 3.24. The van der Waals surface area contributed by atoms with E-state index in [4.69, 9.17) is 11.6 Å². The molecule has 0 radical (unpaired) electrons. The summed E-state index contributed by atoms with van der Waals surface area (Å²) in [4.78, 5) is 14.1. The van der Waals surface area contributed by atoms with Gasteiger partial charge in [-0.2, -0.15) is 0 Å². The van der Waals surface area contributed by atoms with E-state index in [9.17, 15) is 4.79 Å². The standard InChI is InChI=1S/C14H19ClN2O/c1-10-7-11(2)14(12(15)8-10)16-13(18)9-17-5-3-4-6-17/h7-8H,3-6,9H2,1-2H3,(H,16,18). The second-order valence-corrected chi connectivity index (χ2v) is 5.38. The Hall–Kier alpha value is -1.06. The number of benzene rings is 1. The number of anilines is 1. The molecule has 1 heterocycles. The Morgan fingerprint density at radius 1 is 1.33 bits per heavy atom. The van der Waals surface area contributed by atoms with Gasteiger partial charge in [0, 0.05) is 0 Å². The van der Waals surface area contributed by atoms with Crippen molar-refractivity contribution in [2.45, 2.75) is 26.7 Å². The zero-order chi connectivity index (χ0) is 13.1. The highest BCUT2D eigenvalue weighted by molar-refractivity contribution is 6.34. The average molecular weight is 267 g/mol. The first-order valence-corrected chi connectivity index (χ1v) is 6.73. The Morgan fingerprint density at radius 3 is 2.61 bits per heavy atom. The molecule has 18 heavy (non-hydrogen) atoms. The first kappa shape index (κ1) is 13.4. The molecule has 0 bridgehead atoms. The highest BCUT2D eigenvalue weighted by Crippen LogP contribution is 2.27. The fourth-order valence-electron chi connectivity index (χ4n) is 2.40. The molecule has 1 fully saturated rings. The molecule has 0 atom stereocenters. The highest BCUT2D eigenvalue weighted by Gasteiger charge is 2.16. The van der Waals surface area contributed by atoms with Gasteiger partial charge in [0.05, 0.1) is 17.3 Å². The van der Waals surface area contributed by atoms with Gasteiger partial charge in [-0.3, -0.25) is 9.69 Å². The summed E-state index contributed by atoms with van der Waals surface area (Å²) in [7, 11) is 0. The molecule has 0 aromatic heterocycles. The molecular weight excluding hydrogens is 248 g/mol. The molecule has 1 aliphatic heterocycles. The number of carbonyl (C=O) groups excluding carboxylic acids is 1. The van der Waals surface area contributed by atoms with Crippen LogP contribution in [-0.4, -0.2) is 30.4 Å². The van der Waals surface area contributed by atoms with Gasteiger partial charge in [-0.15, -0.1) is 0 Å². The number of halogens is 1. The Morgan fingerprint density at radius 2 is 2.00 bits per heavy atom. The molecule has 98 valence electrons. The molecule has 4 heteroatoms.